The van der Waals surface area contributed by atoms with E-state index in [2.05, 4.69) is 22.6 Å². The molecule has 1 aromatic carbocycles. The van der Waals surface area contributed by atoms with Crippen LogP contribution in [0.25, 0.3) is 0 Å². The van der Waals surface area contributed by atoms with Crippen molar-refractivity contribution >= 4 is 34.4 Å². The Hall–Kier alpha value is -0.980. The number of amides is 1. The smallest absolute Gasteiger partial charge is 0.414 e. The first kappa shape index (κ1) is 11.5. The minimum Gasteiger partial charge on any atom is -0.497 e. The third kappa shape index (κ3) is 2.23. The molecule has 2 rings (SSSR count). The third-order valence-electron chi connectivity index (χ3n) is 2.43. The molecule has 0 radical (unpaired) electrons. The first-order valence-electron chi connectivity index (χ1n) is 4.92. The van der Waals surface area contributed by atoms with Crippen LogP contribution in [0.1, 0.15) is 0 Å². The van der Waals surface area contributed by atoms with Crippen LogP contribution in [-0.2, 0) is 4.74 Å². The molecule has 1 fully saturated rings. The van der Waals surface area contributed by atoms with Gasteiger partial charge >= 0.3 is 6.09 Å². The standard InChI is InChI=1S/C11H12INO3/c1-15-9-4-2-8(3-5-9)13-7-10(6-12)16-11(13)14/h2-5,10H,6-7H2,1H3. The van der Waals surface area contributed by atoms with Crippen molar-refractivity contribution < 1.29 is 14.3 Å². The van der Waals surface area contributed by atoms with Crippen LogP contribution in [0.15, 0.2) is 24.3 Å². The van der Waals surface area contributed by atoms with Crippen molar-refractivity contribution in [2.24, 2.45) is 0 Å². The number of hydrogen-bond acceptors (Lipinski definition) is 3. The maximum atomic E-state index is 11.6. The first-order chi connectivity index (χ1) is 7.74. The molecule has 1 aliphatic heterocycles. The monoisotopic (exact) mass is 333 g/mol. The van der Waals surface area contributed by atoms with Crippen molar-refractivity contribution in [3.8, 4) is 5.75 Å². The summed E-state index contributed by atoms with van der Waals surface area (Å²) in [7, 11) is 1.62. The molecule has 1 atom stereocenters. The number of anilines is 1. The number of cyclic esters (lactones) is 1. The van der Waals surface area contributed by atoms with Crippen LogP contribution < -0.4 is 9.64 Å². The van der Waals surface area contributed by atoms with Crippen LogP contribution in [0.2, 0.25) is 0 Å². The predicted octanol–water partition coefficient (Wildman–Crippen LogP) is 2.46. The summed E-state index contributed by atoms with van der Waals surface area (Å²) in [5, 5.41) is 0. The van der Waals surface area contributed by atoms with Crippen molar-refractivity contribution in [1.82, 2.24) is 0 Å². The quantitative estimate of drug-likeness (QED) is 0.630. The highest BCUT2D eigenvalue weighted by atomic mass is 127. The minimum absolute atomic E-state index is 0.00444. The van der Waals surface area contributed by atoms with Gasteiger partial charge in [-0.2, -0.15) is 0 Å². The highest BCUT2D eigenvalue weighted by Gasteiger charge is 2.31. The molecule has 0 N–H and O–H groups in total. The van der Waals surface area contributed by atoms with Crippen LogP contribution in [0.4, 0.5) is 10.5 Å². The molecule has 1 amide bonds. The molecular weight excluding hydrogens is 321 g/mol. The summed E-state index contributed by atoms with van der Waals surface area (Å²) in [6, 6.07) is 7.38. The number of alkyl halides is 1. The van der Waals surface area contributed by atoms with Gasteiger partial charge in [-0.3, -0.25) is 4.90 Å². The summed E-state index contributed by atoms with van der Waals surface area (Å²) >= 11 is 2.22. The lowest BCUT2D eigenvalue weighted by molar-refractivity contribution is 0.153. The van der Waals surface area contributed by atoms with Gasteiger partial charge in [0.25, 0.3) is 0 Å². The predicted molar refractivity (Wildman–Crippen MR) is 69.5 cm³/mol. The molecule has 0 aromatic heterocycles. The summed E-state index contributed by atoms with van der Waals surface area (Å²) in [4.78, 5) is 13.2. The maximum Gasteiger partial charge on any atom is 0.414 e. The minimum atomic E-state index is -0.271. The molecule has 1 heterocycles. The zero-order valence-electron chi connectivity index (χ0n) is 8.85. The first-order valence-corrected chi connectivity index (χ1v) is 6.45. The number of ether oxygens (including phenoxy) is 2. The van der Waals surface area contributed by atoms with E-state index in [1.165, 1.54) is 0 Å². The molecule has 1 saturated heterocycles. The second-order valence-electron chi connectivity index (χ2n) is 3.47. The number of carbonyl (C=O) groups is 1. The molecule has 0 spiro atoms. The van der Waals surface area contributed by atoms with Crippen LogP contribution in [-0.4, -0.2) is 30.3 Å². The molecule has 0 saturated carbocycles. The number of rotatable bonds is 3. The van der Waals surface area contributed by atoms with Gasteiger partial charge in [0.2, 0.25) is 0 Å². The highest BCUT2D eigenvalue weighted by Crippen LogP contribution is 2.24. The SMILES string of the molecule is COc1ccc(N2CC(CI)OC2=O)cc1. The van der Waals surface area contributed by atoms with Crippen molar-refractivity contribution in [2.75, 3.05) is 23.0 Å². The van der Waals surface area contributed by atoms with Crippen molar-refractivity contribution in [3.05, 3.63) is 24.3 Å². The van der Waals surface area contributed by atoms with Gasteiger partial charge in [0.05, 0.1) is 13.7 Å². The van der Waals surface area contributed by atoms with E-state index in [-0.39, 0.29) is 12.2 Å². The Bertz CT molecular complexity index is 379. The van der Waals surface area contributed by atoms with Gasteiger partial charge in [-0.1, -0.05) is 22.6 Å². The molecule has 0 bridgehead atoms. The Morgan fingerprint density at radius 3 is 2.69 bits per heavy atom. The van der Waals surface area contributed by atoms with Gasteiger partial charge in [0.1, 0.15) is 11.9 Å². The van der Waals surface area contributed by atoms with E-state index in [1.54, 1.807) is 12.0 Å². The number of carbonyl (C=O) groups excluding carboxylic acids is 1. The van der Waals surface area contributed by atoms with E-state index < -0.39 is 0 Å². The lowest BCUT2D eigenvalue weighted by Crippen LogP contribution is -2.24. The fourth-order valence-electron chi connectivity index (χ4n) is 1.57. The summed E-state index contributed by atoms with van der Waals surface area (Å²) < 4.78 is 11.1. The largest absolute Gasteiger partial charge is 0.497 e. The van der Waals surface area contributed by atoms with Gasteiger partial charge in [-0.25, -0.2) is 4.79 Å². The van der Waals surface area contributed by atoms with Crippen LogP contribution >= 0.6 is 22.6 Å². The molecule has 4 nitrogen and oxygen atoms in total. The average molecular weight is 333 g/mol. The number of hydrogen-bond donors (Lipinski definition) is 0. The Kier molecular flexibility index (Phi) is 3.52. The summed E-state index contributed by atoms with van der Waals surface area (Å²) in [5.41, 5.74) is 0.846. The maximum absolute atomic E-state index is 11.6. The number of benzene rings is 1. The van der Waals surface area contributed by atoms with Gasteiger partial charge in [-0.05, 0) is 24.3 Å². The summed E-state index contributed by atoms with van der Waals surface area (Å²) in [6.07, 6.45) is -0.276. The van der Waals surface area contributed by atoms with E-state index in [0.29, 0.717) is 6.54 Å². The molecule has 1 aliphatic rings. The molecule has 5 heteroatoms. The Labute approximate surface area is 108 Å². The molecule has 1 aromatic rings. The molecule has 0 aliphatic carbocycles. The number of nitrogens with zero attached hydrogens (tertiary/aromatic N) is 1. The zero-order valence-corrected chi connectivity index (χ0v) is 11.0. The van der Waals surface area contributed by atoms with Gasteiger partial charge in [0.15, 0.2) is 0 Å². The molecule has 16 heavy (non-hydrogen) atoms. The number of methoxy groups -OCH3 is 1. The summed E-state index contributed by atoms with van der Waals surface area (Å²) in [5.74, 6) is 0.779. The number of halogens is 1. The van der Waals surface area contributed by atoms with E-state index in [9.17, 15) is 4.79 Å². The second-order valence-corrected chi connectivity index (χ2v) is 4.35. The van der Waals surface area contributed by atoms with E-state index >= 15 is 0 Å². The van der Waals surface area contributed by atoms with Gasteiger partial charge < -0.3 is 9.47 Å². The van der Waals surface area contributed by atoms with Gasteiger partial charge in [-0.15, -0.1) is 0 Å². The zero-order chi connectivity index (χ0) is 11.5. The Morgan fingerprint density at radius 2 is 2.19 bits per heavy atom. The third-order valence-corrected chi connectivity index (χ3v) is 3.41. The average Bonchev–Trinajstić information content (AvgIpc) is 2.71. The Balaban J connectivity index is 2.15. The highest BCUT2D eigenvalue weighted by molar-refractivity contribution is 14.1. The fraction of sp³-hybridized carbons (Fsp3) is 0.364. The Morgan fingerprint density at radius 1 is 1.50 bits per heavy atom. The molecular formula is C11H12INO3. The van der Waals surface area contributed by atoms with Crippen molar-refractivity contribution in [2.45, 2.75) is 6.10 Å². The summed E-state index contributed by atoms with van der Waals surface area (Å²) in [6.45, 7) is 0.619. The second kappa shape index (κ2) is 4.90. The van der Waals surface area contributed by atoms with Gasteiger partial charge in [0, 0.05) is 10.1 Å². The normalized spacial score (nSPS) is 19.8. The van der Waals surface area contributed by atoms with Crippen molar-refractivity contribution in [1.29, 1.82) is 0 Å². The topological polar surface area (TPSA) is 38.8 Å². The van der Waals surface area contributed by atoms with Crippen LogP contribution in [0.3, 0.4) is 0 Å². The molecule has 1 unspecified atom stereocenters. The fourth-order valence-corrected chi connectivity index (χ4v) is 2.03. The van der Waals surface area contributed by atoms with E-state index in [0.717, 1.165) is 15.9 Å². The van der Waals surface area contributed by atoms with E-state index in [1.807, 2.05) is 24.3 Å². The lowest BCUT2D eigenvalue weighted by atomic mass is 10.2. The van der Waals surface area contributed by atoms with Crippen LogP contribution in [0.5, 0.6) is 5.75 Å². The van der Waals surface area contributed by atoms with Crippen LogP contribution in [0, 0.1) is 0 Å². The lowest BCUT2D eigenvalue weighted by Gasteiger charge is -2.12. The molecule has 86 valence electrons. The van der Waals surface area contributed by atoms with Crippen molar-refractivity contribution in [3.63, 3.8) is 0 Å². The van der Waals surface area contributed by atoms with E-state index in [4.69, 9.17) is 9.47 Å².